The Bertz CT molecular complexity index is 779. The summed E-state index contributed by atoms with van der Waals surface area (Å²) in [5.74, 6) is 0.930. The van der Waals surface area contributed by atoms with Gasteiger partial charge in [-0.2, -0.15) is 0 Å². The lowest BCUT2D eigenvalue weighted by Gasteiger charge is -2.33. The summed E-state index contributed by atoms with van der Waals surface area (Å²) < 4.78 is 41.8. The number of hydrogen-bond donors (Lipinski definition) is 3. The van der Waals surface area contributed by atoms with Crippen LogP contribution < -0.4 is 15.8 Å². The topological polar surface area (TPSA) is 105 Å². The highest BCUT2D eigenvalue weighted by Gasteiger charge is 2.35. The first-order valence-corrected chi connectivity index (χ1v) is 10.8. The quantitative estimate of drug-likeness (QED) is 0.634. The smallest absolute Gasteiger partial charge is 0.465 e. The fourth-order valence-electron chi connectivity index (χ4n) is 4.09. The molecule has 1 atom stereocenters. The fourth-order valence-corrected chi connectivity index (χ4v) is 5.05. The number of carboxylic acid groups (broad SMARTS) is 1. The highest BCUT2D eigenvalue weighted by molar-refractivity contribution is 7.99. The van der Waals surface area contributed by atoms with Crippen LogP contribution in [-0.2, 0) is 4.79 Å². The third-order valence-corrected chi connectivity index (χ3v) is 6.53. The molecule has 2 fully saturated rings. The number of nitrogens with zero attached hydrogens (tertiary/aromatic N) is 1. The van der Waals surface area contributed by atoms with Crippen LogP contribution in [0.3, 0.4) is 0 Å². The number of nitrogens with one attached hydrogen (secondary N) is 1. The number of halogens is 3. The van der Waals surface area contributed by atoms with Crippen molar-refractivity contribution in [3.8, 4) is 5.75 Å². The summed E-state index contributed by atoms with van der Waals surface area (Å²) in [6.45, 7) is 0.697. The monoisotopic (exact) mass is 447 g/mol. The second-order valence-corrected chi connectivity index (χ2v) is 8.58. The van der Waals surface area contributed by atoms with Crippen LogP contribution in [0.25, 0.3) is 0 Å². The molecule has 1 saturated carbocycles. The van der Waals surface area contributed by atoms with Crippen LogP contribution in [-0.4, -0.2) is 52.6 Å². The van der Waals surface area contributed by atoms with Gasteiger partial charge in [0.1, 0.15) is 5.75 Å². The zero-order valence-corrected chi connectivity index (χ0v) is 17.0. The number of amides is 2. The van der Waals surface area contributed by atoms with Crippen LogP contribution >= 0.6 is 11.8 Å². The molecule has 0 aromatic heterocycles. The van der Waals surface area contributed by atoms with E-state index in [-0.39, 0.29) is 23.4 Å². The summed E-state index contributed by atoms with van der Waals surface area (Å²) in [5.41, 5.74) is 6.89. The van der Waals surface area contributed by atoms with E-state index < -0.39 is 24.2 Å². The molecule has 3 rings (SSSR count). The molecule has 1 aromatic carbocycles. The highest BCUT2D eigenvalue weighted by atomic mass is 32.2. The van der Waals surface area contributed by atoms with Crippen LogP contribution in [0.15, 0.2) is 18.2 Å². The third kappa shape index (κ3) is 5.72. The van der Waals surface area contributed by atoms with Crippen LogP contribution in [0.1, 0.15) is 37.2 Å². The number of hydrogen-bond acceptors (Lipinski definition) is 5. The molecule has 1 aliphatic heterocycles. The number of anilines is 1. The van der Waals surface area contributed by atoms with Gasteiger partial charge in [0, 0.05) is 18.0 Å². The van der Waals surface area contributed by atoms with E-state index in [1.807, 2.05) is 0 Å². The van der Waals surface area contributed by atoms with E-state index in [4.69, 9.17) is 10.8 Å². The van der Waals surface area contributed by atoms with Crippen LogP contribution in [0.4, 0.5) is 23.7 Å². The Morgan fingerprint density at radius 1 is 1.27 bits per heavy atom. The molecule has 11 heteroatoms. The minimum absolute atomic E-state index is 0.00941. The van der Waals surface area contributed by atoms with E-state index in [0.717, 1.165) is 11.8 Å². The molecule has 2 amide bonds. The lowest BCUT2D eigenvalue weighted by atomic mass is 9.75. The van der Waals surface area contributed by atoms with Gasteiger partial charge in [-0.3, -0.25) is 10.1 Å². The van der Waals surface area contributed by atoms with Crippen molar-refractivity contribution in [1.82, 2.24) is 4.90 Å². The summed E-state index contributed by atoms with van der Waals surface area (Å²) in [6.07, 6.45) is -3.69. The Morgan fingerprint density at radius 2 is 1.97 bits per heavy atom. The van der Waals surface area contributed by atoms with Crippen molar-refractivity contribution in [2.24, 2.45) is 11.7 Å². The molecule has 1 aromatic rings. The molecule has 1 aliphatic carbocycles. The molecule has 1 saturated heterocycles. The van der Waals surface area contributed by atoms with Gasteiger partial charge in [-0.15, -0.1) is 24.9 Å². The summed E-state index contributed by atoms with van der Waals surface area (Å²) in [6, 6.07) is 2.99. The minimum Gasteiger partial charge on any atom is -0.465 e. The maximum atomic E-state index is 12.6. The number of thioether (sulfide) groups is 1. The van der Waals surface area contributed by atoms with Crippen molar-refractivity contribution in [1.29, 1.82) is 0 Å². The highest BCUT2D eigenvalue weighted by Crippen LogP contribution is 2.41. The molecule has 7 nitrogen and oxygen atoms in total. The molecule has 0 unspecified atom stereocenters. The number of alkyl halides is 3. The van der Waals surface area contributed by atoms with Crippen molar-refractivity contribution in [3.05, 3.63) is 23.8 Å². The average Bonchev–Trinajstić information content (AvgIpc) is 3.21. The lowest BCUT2D eigenvalue weighted by Crippen LogP contribution is -2.47. The molecule has 4 N–H and O–H groups in total. The van der Waals surface area contributed by atoms with Crippen molar-refractivity contribution in [2.45, 2.75) is 44.0 Å². The lowest BCUT2D eigenvalue weighted by molar-refractivity contribution is -0.274. The van der Waals surface area contributed by atoms with Gasteiger partial charge in [0.25, 0.3) is 0 Å². The third-order valence-electron chi connectivity index (χ3n) is 5.57. The van der Waals surface area contributed by atoms with Gasteiger partial charge in [-0.05, 0) is 61.3 Å². The van der Waals surface area contributed by atoms with Gasteiger partial charge in [0.15, 0.2) is 0 Å². The Kier molecular flexibility index (Phi) is 7.02. The average molecular weight is 447 g/mol. The first-order chi connectivity index (χ1) is 14.1. The Labute approximate surface area is 176 Å². The SMILES string of the molecule is N[C@H](C(=O)N1CCSC1)C1CCC(c2cc(OC(F)(F)F)ccc2NC(=O)O)CC1. The molecule has 2 aliphatic rings. The van der Waals surface area contributed by atoms with Crippen LogP contribution in [0.5, 0.6) is 5.75 Å². The molecular weight excluding hydrogens is 423 g/mol. The first kappa shape index (κ1) is 22.5. The maximum Gasteiger partial charge on any atom is 0.573 e. The van der Waals surface area contributed by atoms with Crippen LogP contribution in [0.2, 0.25) is 0 Å². The molecule has 30 heavy (non-hydrogen) atoms. The standard InChI is InChI=1S/C19H24F3N3O4S/c20-19(21,22)29-13-5-6-15(24-18(27)28)14(9-13)11-1-3-12(4-2-11)16(23)17(26)25-7-8-30-10-25/h5-6,9,11-12,16,24H,1-4,7-8,10,23H2,(H,27,28)/t11?,12?,16-/m0/s1. The molecule has 0 bridgehead atoms. The van der Waals surface area contributed by atoms with Crippen molar-refractivity contribution in [3.63, 3.8) is 0 Å². The second-order valence-electron chi connectivity index (χ2n) is 7.50. The largest absolute Gasteiger partial charge is 0.573 e. The fraction of sp³-hybridized carbons (Fsp3) is 0.579. The number of benzene rings is 1. The zero-order chi connectivity index (χ0) is 21.9. The van der Waals surface area contributed by atoms with E-state index in [0.29, 0.717) is 43.7 Å². The van der Waals surface area contributed by atoms with Crippen molar-refractivity contribution >= 4 is 29.4 Å². The number of rotatable bonds is 5. The van der Waals surface area contributed by atoms with Gasteiger partial charge >= 0.3 is 12.5 Å². The van der Waals surface area contributed by atoms with Gasteiger partial charge in [-0.25, -0.2) is 4.79 Å². The number of nitrogens with two attached hydrogens (primary N) is 1. The summed E-state index contributed by atoms with van der Waals surface area (Å²) in [5, 5.41) is 11.3. The van der Waals surface area contributed by atoms with Gasteiger partial charge in [0.2, 0.25) is 5.91 Å². The van der Waals surface area contributed by atoms with Crippen molar-refractivity contribution < 1.29 is 32.6 Å². The minimum atomic E-state index is -4.84. The second kappa shape index (κ2) is 9.34. The zero-order valence-electron chi connectivity index (χ0n) is 16.2. The Hall–Kier alpha value is -2.14. The first-order valence-electron chi connectivity index (χ1n) is 9.66. The predicted molar refractivity (Wildman–Crippen MR) is 106 cm³/mol. The Morgan fingerprint density at radius 3 is 2.53 bits per heavy atom. The number of carbonyl (C=O) groups is 2. The van der Waals surface area contributed by atoms with E-state index in [1.165, 1.54) is 12.1 Å². The van der Waals surface area contributed by atoms with Crippen molar-refractivity contribution in [2.75, 3.05) is 23.5 Å². The van der Waals surface area contributed by atoms with Gasteiger partial charge < -0.3 is 20.5 Å². The summed E-state index contributed by atoms with van der Waals surface area (Å²) >= 11 is 1.69. The van der Waals surface area contributed by atoms with E-state index in [2.05, 4.69) is 10.1 Å². The maximum absolute atomic E-state index is 12.6. The van der Waals surface area contributed by atoms with E-state index >= 15 is 0 Å². The van der Waals surface area contributed by atoms with Gasteiger partial charge in [0.05, 0.1) is 11.9 Å². The van der Waals surface area contributed by atoms with E-state index in [9.17, 15) is 22.8 Å². The number of carbonyl (C=O) groups excluding carboxylic acids is 1. The Balaban J connectivity index is 1.70. The van der Waals surface area contributed by atoms with E-state index in [1.54, 1.807) is 16.7 Å². The normalized spacial score (nSPS) is 23.1. The molecule has 166 valence electrons. The molecule has 0 radical (unpaired) electrons. The molecular formula is C19H24F3N3O4S. The van der Waals surface area contributed by atoms with Crippen LogP contribution in [0, 0.1) is 5.92 Å². The number of ether oxygens (including phenoxy) is 1. The molecule has 0 spiro atoms. The molecule has 1 heterocycles. The van der Waals surface area contributed by atoms with Gasteiger partial charge in [-0.1, -0.05) is 0 Å². The summed E-state index contributed by atoms with van der Waals surface area (Å²) in [4.78, 5) is 25.4. The predicted octanol–water partition coefficient (Wildman–Crippen LogP) is 3.81. The summed E-state index contributed by atoms with van der Waals surface area (Å²) in [7, 11) is 0.